The highest BCUT2D eigenvalue weighted by atomic mass is 16.2. The molecule has 0 spiro atoms. The summed E-state index contributed by atoms with van der Waals surface area (Å²) in [4.78, 5) is 22.5. The molecule has 0 atom stereocenters. The summed E-state index contributed by atoms with van der Waals surface area (Å²) in [6.45, 7) is 7.33. The van der Waals surface area contributed by atoms with Gasteiger partial charge in [0.25, 0.3) is 0 Å². The third-order valence-corrected chi connectivity index (χ3v) is 1.99. The van der Waals surface area contributed by atoms with Crippen molar-refractivity contribution in [3.8, 4) is 0 Å². The highest BCUT2D eigenvalue weighted by molar-refractivity contribution is 5.76. The summed E-state index contributed by atoms with van der Waals surface area (Å²) in [5.41, 5.74) is 0. The molecule has 2 fully saturated rings. The molecule has 0 radical (unpaired) electrons. The van der Waals surface area contributed by atoms with Gasteiger partial charge in [-0.3, -0.25) is 0 Å². The first-order chi connectivity index (χ1) is 7.24. The van der Waals surface area contributed by atoms with Crippen LogP contribution in [0.4, 0.5) is 9.59 Å². The van der Waals surface area contributed by atoms with Crippen molar-refractivity contribution < 1.29 is 9.59 Å². The molecule has 2 saturated heterocycles. The van der Waals surface area contributed by atoms with Gasteiger partial charge < -0.3 is 20.9 Å². The van der Waals surface area contributed by atoms with Gasteiger partial charge in [-0.25, -0.2) is 9.59 Å². The van der Waals surface area contributed by atoms with Crippen LogP contribution in [0.5, 0.6) is 0 Å². The highest BCUT2D eigenvalue weighted by Crippen LogP contribution is 1.94. The maximum Gasteiger partial charge on any atom is 0.317 e. The summed E-state index contributed by atoms with van der Waals surface area (Å²) >= 11 is 0. The number of carbonyl (C=O) groups excluding carboxylic acids is 2. The van der Waals surface area contributed by atoms with E-state index < -0.39 is 0 Å². The maximum atomic E-state index is 10.7. The van der Waals surface area contributed by atoms with Crippen LogP contribution in [0.1, 0.15) is 0 Å². The molecule has 6 nitrogen and oxygen atoms in total. The minimum absolute atomic E-state index is 0.0231. The maximum absolute atomic E-state index is 10.7. The molecule has 3 N–H and O–H groups in total. The van der Waals surface area contributed by atoms with E-state index >= 15 is 0 Å². The number of amides is 4. The van der Waals surface area contributed by atoms with Crippen molar-refractivity contribution in [3.63, 3.8) is 0 Å². The Morgan fingerprint density at radius 1 is 1.20 bits per heavy atom. The zero-order valence-electron chi connectivity index (χ0n) is 8.58. The number of nitrogens with one attached hydrogen (secondary N) is 3. The van der Waals surface area contributed by atoms with Gasteiger partial charge in [-0.2, -0.15) is 0 Å². The number of rotatable bonds is 2. The molecule has 84 valence electrons. The Labute approximate surface area is 88.7 Å². The van der Waals surface area contributed by atoms with E-state index in [2.05, 4.69) is 22.5 Å². The zero-order chi connectivity index (χ0) is 11.1. The lowest BCUT2D eigenvalue weighted by Gasteiger charge is -2.08. The van der Waals surface area contributed by atoms with Gasteiger partial charge in [0.15, 0.2) is 0 Å². The van der Waals surface area contributed by atoms with Gasteiger partial charge in [-0.1, -0.05) is 6.08 Å². The second-order valence-electron chi connectivity index (χ2n) is 3.15. The Kier molecular flexibility index (Phi) is 4.46. The fraction of sp³-hybridized carbons (Fsp3) is 0.556. The molecule has 4 amide bonds. The van der Waals surface area contributed by atoms with Crippen LogP contribution in [0.15, 0.2) is 12.7 Å². The molecule has 15 heavy (non-hydrogen) atoms. The van der Waals surface area contributed by atoms with Crippen LogP contribution in [0.2, 0.25) is 0 Å². The third kappa shape index (κ3) is 3.88. The van der Waals surface area contributed by atoms with Crippen molar-refractivity contribution >= 4 is 12.1 Å². The van der Waals surface area contributed by atoms with E-state index in [9.17, 15) is 9.59 Å². The molecule has 0 aromatic carbocycles. The fourth-order valence-electron chi connectivity index (χ4n) is 1.26. The van der Waals surface area contributed by atoms with Crippen LogP contribution in [0.25, 0.3) is 0 Å². The third-order valence-electron chi connectivity index (χ3n) is 1.99. The molecule has 2 aliphatic heterocycles. The van der Waals surface area contributed by atoms with E-state index in [0.717, 1.165) is 26.2 Å². The summed E-state index contributed by atoms with van der Waals surface area (Å²) in [5, 5.41) is 7.83. The van der Waals surface area contributed by atoms with Crippen LogP contribution in [0, 0.1) is 0 Å². The molecular formula is C9H16N4O2. The largest absolute Gasteiger partial charge is 0.336 e. The molecule has 2 heterocycles. The molecule has 0 aromatic heterocycles. The van der Waals surface area contributed by atoms with Gasteiger partial charge in [0.1, 0.15) is 0 Å². The Morgan fingerprint density at radius 3 is 2.20 bits per heavy atom. The smallest absolute Gasteiger partial charge is 0.317 e. The van der Waals surface area contributed by atoms with Gasteiger partial charge in [0.05, 0.1) is 0 Å². The number of carbonyl (C=O) groups is 2. The van der Waals surface area contributed by atoms with Crippen molar-refractivity contribution in [1.82, 2.24) is 20.9 Å². The van der Waals surface area contributed by atoms with Gasteiger partial charge in [0.2, 0.25) is 0 Å². The topological polar surface area (TPSA) is 73.5 Å². The van der Waals surface area contributed by atoms with Gasteiger partial charge in [0, 0.05) is 32.7 Å². The predicted octanol–water partition coefficient (Wildman–Crippen LogP) is -0.503. The van der Waals surface area contributed by atoms with Crippen LogP contribution in [-0.2, 0) is 0 Å². The quantitative estimate of drug-likeness (QED) is 0.540. The van der Waals surface area contributed by atoms with Gasteiger partial charge >= 0.3 is 12.1 Å². The number of urea groups is 2. The van der Waals surface area contributed by atoms with Crippen molar-refractivity contribution in [2.75, 3.05) is 32.7 Å². The molecule has 0 bridgehead atoms. The Morgan fingerprint density at radius 2 is 1.87 bits per heavy atom. The predicted molar refractivity (Wildman–Crippen MR) is 56.6 cm³/mol. The zero-order valence-corrected chi connectivity index (χ0v) is 8.58. The van der Waals surface area contributed by atoms with Crippen molar-refractivity contribution in [2.45, 2.75) is 0 Å². The van der Waals surface area contributed by atoms with Crippen molar-refractivity contribution in [3.05, 3.63) is 12.7 Å². The van der Waals surface area contributed by atoms with Crippen LogP contribution in [0.3, 0.4) is 0 Å². The molecule has 0 aliphatic carbocycles. The van der Waals surface area contributed by atoms with Crippen LogP contribution < -0.4 is 16.0 Å². The van der Waals surface area contributed by atoms with Crippen molar-refractivity contribution in [2.24, 2.45) is 0 Å². The first kappa shape index (κ1) is 11.4. The Bertz CT molecular complexity index is 246. The first-order valence-corrected chi connectivity index (χ1v) is 4.89. The normalized spacial score (nSPS) is 18.5. The Balaban J connectivity index is 0.000000162. The van der Waals surface area contributed by atoms with Crippen LogP contribution >= 0.6 is 0 Å². The first-order valence-electron chi connectivity index (χ1n) is 4.89. The van der Waals surface area contributed by atoms with Gasteiger partial charge in [-0.05, 0) is 0 Å². The second kappa shape index (κ2) is 5.90. The van der Waals surface area contributed by atoms with E-state index in [0.29, 0.717) is 6.54 Å². The van der Waals surface area contributed by atoms with E-state index in [1.54, 1.807) is 11.0 Å². The van der Waals surface area contributed by atoms with E-state index in [1.807, 2.05) is 0 Å². The van der Waals surface area contributed by atoms with Gasteiger partial charge in [-0.15, -0.1) is 6.58 Å². The van der Waals surface area contributed by atoms with Crippen LogP contribution in [-0.4, -0.2) is 49.7 Å². The van der Waals surface area contributed by atoms with Crippen molar-refractivity contribution in [1.29, 1.82) is 0 Å². The monoisotopic (exact) mass is 212 g/mol. The molecule has 2 rings (SSSR count). The average Bonchev–Trinajstić information content (AvgIpc) is 2.81. The Hall–Kier alpha value is -1.72. The SMILES string of the molecule is C=CCN1CCNC1=O.O=C1NCCN1. The minimum Gasteiger partial charge on any atom is -0.336 e. The number of hydrogen-bond donors (Lipinski definition) is 3. The number of hydrogen-bond acceptors (Lipinski definition) is 2. The lowest BCUT2D eigenvalue weighted by Crippen LogP contribution is -2.27. The van der Waals surface area contributed by atoms with E-state index in [1.165, 1.54) is 0 Å². The van der Waals surface area contributed by atoms with E-state index in [4.69, 9.17) is 0 Å². The molecule has 0 saturated carbocycles. The van der Waals surface area contributed by atoms with E-state index in [-0.39, 0.29) is 12.1 Å². The number of nitrogens with zero attached hydrogens (tertiary/aromatic N) is 1. The summed E-state index contributed by atoms with van der Waals surface area (Å²) < 4.78 is 0. The standard InChI is InChI=1S/C6H10N2O.C3H6N2O/c1-2-4-8-5-3-7-6(8)9;6-3-4-1-2-5-3/h2H,1,3-5H2,(H,7,9);1-2H2,(H2,4,5,6). The average molecular weight is 212 g/mol. The fourth-order valence-corrected chi connectivity index (χ4v) is 1.26. The summed E-state index contributed by atoms with van der Waals surface area (Å²) in [6.07, 6.45) is 1.73. The lowest BCUT2D eigenvalue weighted by molar-refractivity contribution is 0.222. The summed E-state index contributed by atoms with van der Waals surface area (Å²) in [5.74, 6) is 0. The second-order valence-corrected chi connectivity index (χ2v) is 3.15. The molecular weight excluding hydrogens is 196 g/mol. The molecule has 0 aromatic rings. The molecule has 2 aliphatic rings. The molecule has 0 unspecified atom stereocenters. The highest BCUT2D eigenvalue weighted by Gasteiger charge is 2.16. The molecule has 6 heteroatoms. The minimum atomic E-state index is -0.0463. The lowest BCUT2D eigenvalue weighted by atomic mass is 10.5. The summed E-state index contributed by atoms with van der Waals surface area (Å²) in [6, 6.07) is -0.0232. The summed E-state index contributed by atoms with van der Waals surface area (Å²) in [7, 11) is 0.